The number of carbonyl (C=O) groups is 2. The monoisotopic (exact) mass is 494 g/mol. The van der Waals surface area contributed by atoms with Crippen molar-refractivity contribution in [2.45, 2.75) is 50.7 Å². The molecule has 3 rings (SSSR count). The lowest BCUT2D eigenvalue weighted by molar-refractivity contribution is -0.195. The number of aromatic nitrogens is 1. The average Bonchev–Trinajstić information content (AvgIpc) is 3.57. The van der Waals surface area contributed by atoms with E-state index in [2.05, 4.69) is 10.3 Å². The van der Waals surface area contributed by atoms with Crippen molar-refractivity contribution in [3.63, 3.8) is 0 Å². The van der Waals surface area contributed by atoms with Crippen molar-refractivity contribution in [1.82, 2.24) is 15.2 Å². The van der Waals surface area contributed by atoms with Gasteiger partial charge in [-0.05, 0) is 69.6 Å². The van der Waals surface area contributed by atoms with Crippen LogP contribution in [0.15, 0.2) is 36.5 Å². The number of primary amides is 1. The molecule has 6 nitrogen and oxygen atoms in total. The van der Waals surface area contributed by atoms with Crippen molar-refractivity contribution in [3.05, 3.63) is 64.7 Å². The van der Waals surface area contributed by atoms with Gasteiger partial charge in [0.1, 0.15) is 5.82 Å². The summed E-state index contributed by atoms with van der Waals surface area (Å²) < 4.78 is 55.9. The van der Waals surface area contributed by atoms with Crippen molar-refractivity contribution in [1.29, 1.82) is 0 Å². The Balaban J connectivity index is 1.70. The Morgan fingerprint density at radius 2 is 1.89 bits per heavy atom. The highest BCUT2D eigenvalue weighted by atomic mass is 19.4. The maximum Gasteiger partial charge on any atom is 0.395 e. The Morgan fingerprint density at radius 1 is 1.20 bits per heavy atom. The molecule has 0 saturated heterocycles. The summed E-state index contributed by atoms with van der Waals surface area (Å²) in [4.78, 5) is 30.1. The van der Waals surface area contributed by atoms with Crippen LogP contribution >= 0.6 is 0 Å². The quantitative estimate of drug-likeness (QED) is 0.493. The van der Waals surface area contributed by atoms with Gasteiger partial charge in [0.15, 0.2) is 0 Å². The molecule has 1 unspecified atom stereocenters. The topological polar surface area (TPSA) is 88.3 Å². The van der Waals surface area contributed by atoms with Crippen LogP contribution in [-0.4, -0.2) is 54.6 Å². The standard InChI is InChI=1S/C25H30F4N4O2/c1-15-4-7-21(31-13-15)19(24(8-9-24)25(27,28)29)12-22(34)32-14-17(33(2)3)10-16-5-6-18(23(30)35)20(26)11-16/h4-7,11,13,17,19H,8-10,12,14H2,1-3H3,(H2,30,35)(H,32,34)/t17-,19?/m0/s1. The van der Waals surface area contributed by atoms with Crippen LogP contribution in [-0.2, 0) is 11.2 Å². The van der Waals surface area contributed by atoms with Gasteiger partial charge in [0.25, 0.3) is 5.91 Å². The van der Waals surface area contributed by atoms with Gasteiger partial charge in [0.05, 0.1) is 11.0 Å². The lowest BCUT2D eigenvalue weighted by Crippen LogP contribution is -2.43. The summed E-state index contributed by atoms with van der Waals surface area (Å²) in [6.07, 6.45) is -2.97. The zero-order valence-corrected chi connectivity index (χ0v) is 20.0. The molecule has 35 heavy (non-hydrogen) atoms. The van der Waals surface area contributed by atoms with Gasteiger partial charge in [-0.3, -0.25) is 14.6 Å². The lowest BCUT2D eigenvalue weighted by atomic mass is 9.82. The molecule has 0 bridgehead atoms. The second kappa shape index (κ2) is 10.3. The highest BCUT2D eigenvalue weighted by molar-refractivity contribution is 5.93. The predicted octanol–water partition coefficient (Wildman–Crippen LogP) is 3.73. The van der Waals surface area contributed by atoms with Crippen molar-refractivity contribution in [2.75, 3.05) is 20.6 Å². The number of hydrogen-bond acceptors (Lipinski definition) is 4. The second-order valence-electron chi connectivity index (χ2n) is 9.48. The molecule has 0 radical (unpaired) electrons. The minimum absolute atomic E-state index is 0.0306. The Hall–Kier alpha value is -3.01. The van der Waals surface area contributed by atoms with E-state index in [0.29, 0.717) is 12.0 Å². The van der Waals surface area contributed by atoms with Crippen molar-refractivity contribution in [2.24, 2.45) is 11.1 Å². The zero-order valence-electron chi connectivity index (χ0n) is 20.0. The second-order valence-corrected chi connectivity index (χ2v) is 9.48. The number of nitrogens with one attached hydrogen (secondary N) is 1. The number of benzene rings is 1. The minimum atomic E-state index is -4.43. The van der Waals surface area contributed by atoms with Gasteiger partial charge in [-0.25, -0.2) is 4.39 Å². The van der Waals surface area contributed by atoms with Crippen LogP contribution in [0.1, 0.15) is 52.4 Å². The van der Waals surface area contributed by atoms with Gasteiger partial charge < -0.3 is 16.0 Å². The maximum atomic E-state index is 14.1. The number of hydrogen-bond donors (Lipinski definition) is 2. The molecule has 0 spiro atoms. The van der Waals surface area contributed by atoms with Gasteiger partial charge in [0.2, 0.25) is 5.91 Å². The Morgan fingerprint density at radius 3 is 2.37 bits per heavy atom. The number of likely N-dealkylation sites (N-methyl/N-ethyl adjacent to an activating group) is 1. The third-order valence-corrected chi connectivity index (χ3v) is 6.74. The number of rotatable bonds is 10. The van der Waals surface area contributed by atoms with E-state index in [1.165, 1.54) is 18.3 Å². The molecular formula is C25H30F4N4O2. The number of carbonyl (C=O) groups excluding carboxylic acids is 2. The third kappa shape index (κ3) is 6.17. The number of halogens is 4. The number of amides is 2. The van der Waals surface area contributed by atoms with E-state index in [0.717, 1.165) is 5.56 Å². The number of aryl methyl sites for hydroxylation is 1. The fraction of sp³-hybridized carbons (Fsp3) is 0.480. The smallest absolute Gasteiger partial charge is 0.366 e. The van der Waals surface area contributed by atoms with Crippen LogP contribution in [0.2, 0.25) is 0 Å². The average molecular weight is 495 g/mol. The van der Waals surface area contributed by atoms with Crippen molar-refractivity contribution in [3.8, 4) is 0 Å². The first-order valence-electron chi connectivity index (χ1n) is 11.3. The number of pyridine rings is 1. The van der Waals surface area contributed by atoms with Crippen LogP contribution < -0.4 is 11.1 Å². The molecule has 1 saturated carbocycles. The highest BCUT2D eigenvalue weighted by Gasteiger charge is 2.67. The molecule has 3 N–H and O–H groups in total. The summed E-state index contributed by atoms with van der Waals surface area (Å²) in [5.74, 6) is -3.17. The molecule has 2 amide bonds. The number of nitrogens with zero attached hydrogens (tertiary/aromatic N) is 2. The van der Waals surface area contributed by atoms with E-state index in [1.807, 2.05) is 4.90 Å². The molecule has 0 aliphatic heterocycles. The summed E-state index contributed by atoms with van der Waals surface area (Å²) >= 11 is 0. The molecule has 1 heterocycles. The molecule has 2 aromatic rings. The molecule has 2 atom stereocenters. The number of nitrogens with two attached hydrogens (primary N) is 1. The van der Waals surface area contributed by atoms with Crippen molar-refractivity contribution < 1.29 is 27.2 Å². The Kier molecular flexibility index (Phi) is 7.83. The molecule has 190 valence electrons. The maximum absolute atomic E-state index is 14.1. The van der Waals surface area contributed by atoms with Gasteiger partial charge in [-0.15, -0.1) is 0 Å². The van der Waals surface area contributed by atoms with Crippen LogP contribution in [0.3, 0.4) is 0 Å². The molecule has 1 fully saturated rings. The van der Waals surface area contributed by atoms with Gasteiger partial charge in [0, 0.05) is 36.8 Å². The van der Waals surface area contributed by atoms with E-state index in [-0.39, 0.29) is 43.1 Å². The molecule has 10 heteroatoms. The Bertz CT molecular complexity index is 1070. The van der Waals surface area contributed by atoms with E-state index in [4.69, 9.17) is 5.73 Å². The van der Waals surface area contributed by atoms with Crippen molar-refractivity contribution >= 4 is 11.8 Å². The van der Waals surface area contributed by atoms with E-state index in [9.17, 15) is 27.2 Å². The molecule has 1 aliphatic rings. The normalized spacial score (nSPS) is 16.6. The molecular weight excluding hydrogens is 464 g/mol. The third-order valence-electron chi connectivity index (χ3n) is 6.74. The Labute approximate surface area is 201 Å². The van der Waals surface area contributed by atoms with Gasteiger partial charge in [-0.1, -0.05) is 12.1 Å². The summed E-state index contributed by atoms with van der Waals surface area (Å²) in [5, 5.41) is 2.75. The summed E-state index contributed by atoms with van der Waals surface area (Å²) in [5.41, 5.74) is 4.66. The molecule has 1 aliphatic carbocycles. The highest BCUT2D eigenvalue weighted by Crippen LogP contribution is 2.65. The summed E-state index contributed by atoms with van der Waals surface area (Å²) in [6, 6.07) is 7.12. The van der Waals surface area contributed by atoms with Gasteiger partial charge >= 0.3 is 6.18 Å². The largest absolute Gasteiger partial charge is 0.395 e. The van der Waals surface area contributed by atoms with Gasteiger partial charge in [-0.2, -0.15) is 13.2 Å². The van der Waals surface area contributed by atoms with Crippen LogP contribution in [0, 0.1) is 18.2 Å². The van der Waals surface area contributed by atoms with Crippen LogP contribution in [0.25, 0.3) is 0 Å². The molecule has 1 aromatic heterocycles. The predicted molar refractivity (Wildman–Crippen MR) is 123 cm³/mol. The fourth-order valence-corrected chi connectivity index (χ4v) is 4.32. The minimum Gasteiger partial charge on any atom is -0.366 e. The first-order chi connectivity index (χ1) is 16.3. The fourth-order valence-electron chi connectivity index (χ4n) is 4.32. The summed E-state index contributed by atoms with van der Waals surface area (Å²) in [7, 11) is 3.57. The number of alkyl halides is 3. The van der Waals surface area contributed by atoms with E-state index >= 15 is 0 Å². The first kappa shape index (κ1) is 26.6. The van der Waals surface area contributed by atoms with E-state index in [1.54, 1.807) is 39.2 Å². The molecule has 1 aromatic carbocycles. The van der Waals surface area contributed by atoms with E-state index < -0.39 is 35.1 Å². The zero-order chi connectivity index (χ0) is 26.0. The summed E-state index contributed by atoms with van der Waals surface area (Å²) in [6.45, 7) is 1.95. The SMILES string of the molecule is Cc1ccc(C(CC(=O)NC[C@H](Cc2ccc(C(N)=O)c(F)c2)N(C)C)C2(C(F)(F)F)CC2)nc1. The van der Waals surface area contributed by atoms with Crippen LogP contribution in [0.5, 0.6) is 0 Å². The van der Waals surface area contributed by atoms with Crippen LogP contribution in [0.4, 0.5) is 17.6 Å². The lowest BCUT2D eigenvalue weighted by Gasteiger charge is -2.29. The first-order valence-corrected chi connectivity index (χ1v) is 11.3.